The monoisotopic (exact) mass is 270 g/mol. The van der Waals surface area contributed by atoms with Crippen LogP contribution >= 0.6 is 0 Å². The molecule has 1 saturated heterocycles. The lowest BCUT2D eigenvalue weighted by Crippen LogP contribution is -2.60. The van der Waals surface area contributed by atoms with E-state index in [0.29, 0.717) is 12.5 Å². The van der Waals surface area contributed by atoms with Crippen LogP contribution in [0, 0.1) is 5.92 Å². The molecular formula is C12H22N4O3. The fraction of sp³-hybridized carbons (Fsp3) is 0.750. The van der Waals surface area contributed by atoms with Crippen molar-refractivity contribution in [3.05, 3.63) is 0 Å². The highest BCUT2D eigenvalue weighted by Gasteiger charge is 2.26. The summed E-state index contributed by atoms with van der Waals surface area (Å²) in [4.78, 5) is 34.5. The fourth-order valence-electron chi connectivity index (χ4n) is 1.59. The Balaban J connectivity index is 2.34. The van der Waals surface area contributed by atoms with E-state index in [4.69, 9.17) is 0 Å². The Labute approximate surface area is 112 Å². The third-order valence-electron chi connectivity index (χ3n) is 2.77. The van der Waals surface area contributed by atoms with Gasteiger partial charge in [0.2, 0.25) is 17.7 Å². The summed E-state index contributed by atoms with van der Waals surface area (Å²) in [6, 6.07) is -1.08. The molecule has 2 unspecified atom stereocenters. The zero-order valence-corrected chi connectivity index (χ0v) is 11.6. The molecule has 1 aliphatic rings. The molecule has 7 nitrogen and oxygen atoms in total. The maximum absolute atomic E-state index is 11.9. The van der Waals surface area contributed by atoms with Crippen LogP contribution in [-0.4, -0.2) is 49.4 Å². The largest absolute Gasteiger partial charge is 0.354 e. The summed E-state index contributed by atoms with van der Waals surface area (Å²) in [6.45, 7) is 6.57. The van der Waals surface area contributed by atoms with Crippen molar-refractivity contribution >= 4 is 17.7 Å². The highest BCUT2D eigenvalue weighted by atomic mass is 16.2. The molecule has 7 heteroatoms. The first-order chi connectivity index (χ1) is 8.90. The van der Waals surface area contributed by atoms with Crippen molar-refractivity contribution in [2.24, 2.45) is 5.92 Å². The minimum Gasteiger partial charge on any atom is -0.354 e. The lowest BCUT2D eigenvalue weighted by Gasteiger charge is -2.24. The first-order valence-corrected chi connectivity index (χ1v) is 6.48. The summed E-state index contributed by atoms with van der Waals surface area (Å²) < 4.78 is 0. The third kappa shape index (κ3) is 5.25. The molecule has 1 aliphatic heterocycles. The summed E-state index contributed by atoms with van der Waals surface area (Å²) in [6.07, 6.45) is 0. The highest BCUT2D eigenvalue weighted by molar-refractivity contribution is 5.91. The van der Waals surface area contributed by atoms with E-state index in [0.717, 1.165) is 0 Å². The molecule has 0 bridgehead atoms. The lowest BCUT2D eigenvalue weighted by atomic mass is 10.2. The normalized spacial score (nSPS) is 20.6. The molecule has 4 N–H and O–H groups in total. The lowest BCUT2D eigenvalue weighted by molar-refractivity contribution is -0.131. The van der Waals surface area contributed by atoms with Crippen LogP contribution in [0.4, 0.5) is 0 Å². The quantitative estimate of drug-likeness (QED) is 0.481. The SMILES string of the molecule is CC(C)CNC(=O)C(C)NC(=O)C1CNC(=O)CN1. The maximum atomic E-state index is 11.9. The summed E-state index contributed by atoms with van der Waals surface area (Å²) >= 11 is 0. The van der Waals surface area contributed by atoms with Crippen LogP contribution in [0.25, 0.3) is 0 Å². The summed E-state index contributed by atoms with van der Waals surface area (Å²) in [5.41, 5.74) is 0. The van der Waals surface area contributed by atoms with Crippen LogP contribution in [0.5, 0.6) is 0 Å². The second-order valence-electron chi connectivity index (χ2n) is 5.11. The van der Waals surface area contributed by atoms with Gasteiger partial charge in [-0.15, -0.1) is 0 Å². The zero-order valence-electron chi connectivity index (χ0n) is 11.6. The van der Waals surface area contributed by atoms with Gasteiger partial charge >= 0.3 is 0 Å². The number of hydrogen-bond acceptors (Lipinski definition) is 4. The molecular weight excluding hydrogens is 248 g/mol. The Morgan fingerprint density at radius 3 is 2.58 bits per heavy atom. The van der Waals surface area contributed by atoms with Crippen molar-refractivity contribution in [1.29, 1.82) is 0 Å². The third-order valence-corrected chi connectivity index (χ3v) is 2.77. The summed E-state index contributed by atoms with van der Waals surface area (Å²) in [5, 5.41) is 10.8. The van der Waals surface area contributed by atoms with Crippen LogP contribution < -0.4 is 21.3 Å². The Bertz CT molecular complexity index is 347. The molecule has 3 amide bonds. The molecule has 108 valence electrons. The smallest absolute Gasteiger partial charge is 0.242 e. The summed E-state index contributed by atoms with van der Waals surface area (Å²) in [5.74, 6) is -0.261. The minimum atomic E-state index is -0.592. The van der Waals surface area contributed by atoms with Gasteiger partial charge in [-0.1, -0.05) is 13.8 Å². The number of rotatable bonds is 5. The molecule has 0 spiro atoms. The number of piperazine rings is 1. The standard InChI is InChI=1S/C12H22N4O3/c1-7(2)4-15-11(18)8(3)16-12(19)9-5-14-10(17)6-13-9/h7-9,13H,4-6H2,1-3H3,(H,14,17)(H,15,18)(H,16,19). The number of carbonyl (C=O) groups is 3. The van der Waals surface area contributed by atoms with Gasteiger partial charge in [0.1, 0.15) is 12.1 Å². The van der Waals surface area contributed by atoms with Gasteiger partial charge in [0.15, 0.2) is 0 Å². The van der Waals surface area contributed by atoms with Crippen LogP contribution in [0.15, 0.2) is 0 Å². The van der Waals surface area contributed by atoms with Gasteiger partial charge in [0, 0.05) is 13.1 Å². The summed E-state index contributed by atoms with van der Waals surface area (Å²) in [7, 11) is 0. The first kappa shape index (κ1) is 15.4. The van der Waals surface area contributed by atoms with Gasteiger partial charge in [-0.25, -0.2) is 0 Å². The van der Waals surface area contributed by atoms with Crippen LogP contribution in [-0.2, 0) is 14.4 Å². The van der Waals surface area contributed by atoms with Gasteiger partial charge < -0.3 is 16.0 Å². The van der Waals surface area contributed by atoms with E-state index in [-0.39, 0.29) is 30.8 Å². The van der Waals surface area contributed by atoms with E-state index < -0.39 is 12.1 Å². The number of carbonyl (C=O) groups excluding carboxylic acids is 3. The molecule has 1 fully saturated rings. The van der Waals surface area contributed by atoms with Crippen molar-refractivity contribution in [2.75, 3.05) is 19.6 Å². The van der Waals surface area contributed by atoms with E-state index in [1.165, 1.54) is 0 Å². The predicted molar refractivity (Wildman–Crippen MR) is 70.3 cm³/mol. The predicted octanol–water partition coefficient (Wildman–Crippen LogP) is -1.65. The molecule has 19 heavy (non-hydrogen) atoms. The van der Waals surface area contributed by atoms with E-state index in [1.807, 2.05) is 13.8 Å². The molecule has 1 heterocycles. The average Bonchev–Trinajstić information content (AvgIpc) is 2.36. The van der Waals surface area contributed by atoms with Gasteiger partial charge in [0.25, 0.3) is 0 Å². The van der Waals surface area contributed by atoms with Crippen LogP contribution in [0.1, 0.15) is 20.8 Å². The van der Waals surface area contributed by atoms with Crippen molar-refractivity contribution in [3.8, 4) is 0 Å². The first-order valence-electron chi connectivity index (χ1n) is 6.48. The second-order valence-corrected chi connectivity index (χ2v) is 5.11. The van der Waals surface area contributed by atoms with Gasteiger partial charge in [-0.05, 0) is 12.8 Å². The van der Waals surface area contributed by atoms with Gasteiger partial charge in [-0.3, -0.25) is 19.7 Å². The Morgan fingerprint density at radius 1 is 1.37 bits per heavy atom. The molecule has 2 atom stereocenters. The molecule has 1 rings (SSSR count). The van der Waals surface area contributed by atoms with Gasteiger partial charge in [0.05, 0.1) is 6.54 Å². The molecule has 0 radical (unpaired) electrons. The zero-order chi connectivity index (χ0) is 14.4. The van der Waals surface area contributed by atoms with Crippen molar-refractivity contribution in [2.45, 2.75) is 32.9 Å². The second kappa shape index (κ2) is 7.08. The highest BCUT2D eigenvalue weighted by Crippen LogP contribution is 1.92. The topological polar surface area (TPSA) is 99.3 Å². The molecule has 0 aromatic heterocycles. The van der Waals surface area contributed by atoms with Crippen LogP contribution in [0.3, 0.4) is 0 Å². The van der Waals surface area contributed by atoms with E-state index >= 15 is 0 Å². The number of nitrogens with one attached hydrogen (secondary N) is 4. The van der Waals surface area contributed by atoms with Crippen LogP contribution in [0.2, 0.25) is 0 Å². The van der Waals surface area contributed by atoms with E-state index in [1.54, 1.807) is 6.92 Å². The molecule has 0 aromatic carbocycles. The fourth-order valence-corrected chi connectivity index (χ4v) is 1.59. The average molecular weight is 270 g/mol. The Kier molecular flexibility index (Phi) is 5.75. The molecule has 0 saturated carbocycles. The molecule has 0 aromatic rings. The van der Waals surface area contributed by atoms with Crippen molar-refractivity contribution in [3.63, 3.8) is 0 Å². The Hall–Kier alpha value is -1.63. The minimum absolute atomic E-state index is 0.117. The van der Waals surface area contributed by atoms with Crippen molar-refractivity contribution < 1.29 is 14.4 Å². The van der Waals surface area contributed by atoms with Gasteiger partial charge in [-0.2, -0.15) is 0 Å². The molecule has 0 aliphatic carbocycles. The number of hydrogen-bond donors (Lipinski definition) is 4. The van der Waals surface area contributed by atoms with E-state index in [9.17, 15) is 14.4 Å². The van der Waals surface area contributed by atoms with Crippen molar-refractivity contribution in [1.82, 2.24) is 21.3 Å². The number of amides is 3. The maximum Gasteiger partial charge on any atom is 0.242 e. The Morgan fingerprint density at radius 2 is 2.05 bits per heavy atom. The van der Waals surface area contributed by atoms with E-state index in [2.05, 4.69) is 21.3 Å².